The molecule has 5 heteroatoms. The Kier molecular flexibility index (Phi) is 3.13. The van der Waals surface area contributed by atoms with Gasteiger partial charge in [-0.15, -0.1) is 11.3 Å². The number of imidazole rings is 1. The van der Waals surface area contributed by atoms with Gasteiger partial charge in [0.15, 0.2) is 0 Å². The lowest BCUT2D eigenvalue weighted by Gasteiger charge is -2.12. The van der Waals surface area contributed by atoms with Gasteiger partial charge in [0.05, 0.1) is 6.04 Å². The normalized spacial score (nSPS) is 12.9. The Morgan fingerprint density at radius 2 is 2.33 bits per heavy atom. The summed E-state index contributed by atoms with van der Waals surface area (Å²) in [4.78, 5) is 8.52. The number of nitrogens with zero attached hydrogens (tertiary/aromatic N) is 3. The topological polar surface area (TPSA) is 42.7 Å². The van der Waals surface area contributed by atoms with Crippen LogP contribution in [0.4, 0.5) is 0 Å². The van der Waals surface area contributed by atoms with Gasteiger partial charge in [0.2, 0.25) is 0 Å². The van der Waals surface area contributed by atoms with E-state index in [1.54, 1.807) is 11.3 Å². The maximum atomic E-state index is 4.30. The van der Waals surface area contributed by atoms with Crippen LogP contribution in [0.5, 0.6) is 0 Å². The molecule has 1 atom stereocenters. The number of aryl methyl sites for hydroxylation is 1. The van der Waals surface area contributed by atoms with Crippen molar-refractivity contribution in [1.29, 1.82) is 0 Å². The van der Waals surface area contributed by atoms with Crippen molar-refractivity contribution in [3.63, 3.8) is 0 Å². The molecule has 0 bridgehead atoms. The van der Waals surface area contributed by atoms with Gasteiger partial charge in [0, 0.05) is 37.6 Å². The predicted molar refractivity (Wildman–Crippen MR) is 60.6 cm³/mol. The van der Waals surface area contributed by atoms with Crippen LogP contribution in [0, 0.1) is 0 Å². The van der Waals surface area contributed by atoms with Crippen LogP contribution >= 0.6 is 11.3 Å². The van der Waals surface area contributed by atoms with Crippen LogP contribution in [-0.4, -0.2) is 14.5 Å². The largest absolute Gasteiger partial charge is 0.337 e. The van der Waals surface area contributed by atoms with Crippen molar-refractivity contribution in [2.75, 3.05) is 0 Å². The molecule has 0 aliphatic heterocycles. The Balaban J connectivity index is 1.93. The van der Waals surface area contributed by atoms with Gasteiger partial charge in [-0.25, -0.2) is 9.97 Å². The molecular formula is C10H14N4S. The minimum Gasteiger partial charge on any atom is -0.337 e. The van der Waals surface area contributed by atoms with Gasteiger partial charge in [-0.2, -0.15) is 0 Å². The van der Waals surface area contributed by atoms with Gasteiger partial charge < -0.3 is 9.88 Å². The summed E-state index contributed by atoms with van der Waals surface area (Å²) >= 11 is 1.67. The van der Waals surface area contributed by atoms with Crippen LogP contribution in [-0.2, 0) is 13.6 Å². The lowest BCUT2D eigenvalue weighted by molar-refractivity contribution is 0.529. The molecule has 0 aromatic carbocycles. The van der Waals surface area contributed by atoms with E-state index in [0.29, 0.717) is 0 Å². The van der Waals surface area contributed by atoms with E-state index in [-0.39, 0.29) is 6.04 Å². The maximum absolute atomic E-state index is 4.30. The smallest absolute Gasteiger partial charge is 0.125 e. The molecule has 4 nitrogen and oxygen atoms in total. The second kappa shape index (κ2) is 4.55. The van der Waals surface area contributed by atoms with Crippen LogP contribution < -0.4 is 5.32 Å². The number of thiazole rings is 1. The fourth-order valence-electron chi connectivity index (χ4n) is 1.47. The fourth-order valence-corrected chi connectivity index (χ4v) is 2.03. The molecule has 0 saturated carbocycles. The quantitative estimate of drug-likeness (QED) is 0.856. The van der Waals surface area contributed by atoms with E-state index in [1.165, 1.54) is 0 Å². The van der Waals surface area contributed by atoms with Crippen LogP contribution in [0.2, 0.25) is 0 Å². The van der Waals surface area contributed by atoms with Gasteiger partial charge in [-0.3, -0.25) is 0 Å². The third-order valence-electron chi connectivity index (χ3n) is 2.29. The average molecular weight is 222 g/mol. The van der Waals surface area contributed by atoms with Crippen molar-refractivity contribution in [2.45, 2.75) is 19.5 Å². The summed E-state index contributed by atoms with van der Waals surface area (Å²) in [5.41, 5.74) is 0. The van der Waals surface area contributed by atoms with E-state index in [1.807, 2.05) is 35.6 Å². The molecule has 1 unspecified atom stereocenters. The van der Waals surface area contributed by atoms with Crippen LogP contribution in [0.15, 0.2) is 24.0 Å². The lowest BCUT2D eigenvalue weighted by atomic mass is 10.3. The molecule has 15 heavy (non-hydrogen) atoms. The maximum Gasteiger partial charge on any atom is 0.125 e. The summed E-state index contributed by atoms with van der Waals surface area (Å²) in [5.74, 6) is 1.05. The van der Waals surface area contributed by atoms with Crippen molar-refractivity contribution < 1.29 is 0 Å². The van der Waals surface area contributed by atoms with Gasteiger partial charge in [-0.1, -0.05) is 0 Å². The summed E-state index contributed by atoms with van der Waals surface area (Å²) in [6, 6.07) is 0.244. The Labute approximate surface area is 93.0 Å². The third kappa shape index (κ3) is 2.43. The van der Waals surface area contributed by atoms with Gasteiger partial charge in [0.1, 0.15) is 10.8 Å². The van der Waals surface area contributed by atoms with E-state index in [4.69, 9.17) is 0 Å². The molecule has 1 N–H and O–H groups in total. The van der Waals surface area contributed by atoms with E-state index in [9.17, 15) is 0 Å². The number of aromatic nitrogens is 3. The Morgan fingerprint density at radius 3 is 2.93 bits per heavy atom. The highest BCUT2D eigenvalue weighted by Crippen LogP contribution is 2.10. The SMILES string of the molecule is CC(NCc1nccs1)c1nccn1C. The summed E-state index contributed by atoms with van der Waals surface area (Å²) in [6.45, 7) is 2.90. The van der Waals surface area contributed by atoms with Crippen molar-refractivity contribution in [3.05, 3.63) is 34.8 Å². The number of hydrogen-bond acceptors (Lipinski definition) is 4. The molecule has 2 heterocycles. The molecule has 2 aromatic heterocycles. The van der Waals surface area contributed by atoms with Crippen molar-refractivity contribution in [2.24, 2.45) is 7.05 Å². The fraction of sp³-hybridized carbons (Fsp3) is 0.400. The summed E-state index contributed by atoms with van der Waals surface area (Å²) < 4.78 is 2.03. The molecule has 2 rings (SSSR count). The van der Waals surface area contributed by atoms with Crippen LogP contribution in [0.25, 0.3) is 0 Å². The molecule has 0 radical (unpaired) electrons. The Morgan fingerprint density at radius 1 is 1.47 bits per heavy atom. The lowest BCUT2D eigenvalue weighted by Crippen LogP contribution is -2.20. The molecule has 80 valence electrons. The standard InChI is InChI=1S/C10H14N4S/c1-8(10-12-3-5-14(10)2)13-7-9-11-4-6-15-9/h3-6,8,13H,7H2,1-2H3. The third-order valence-corrected chi connectivity index (χ3v) is 3.07. The second-order valence-electron chi connectivity index (χ2n) is 3.42. The zero-order valence-corrected chi connectivity index (χ0v) is 9.66. The highest BCUT2D eigenvalue weighted by molar-refractivity contribution is 7.09. The monoisotopic (exact) mass is 222 g/mol. The number of nitrogens with one attached hydrogen (secondary N) is 1. The van der Waals surface area contributed by atoms with E-state index in [0.717, 1.165) is 17.4 Å². The molecule has 0 fully saturated rings. The predicted octanol–water partition coefficient (Wildman–Crippen LogP) is 1.73. The van der Waals surface area contributed by atoms with Crippen molar-refractivity contribution in [3.8, 4) is 0 Å². The molecule has 0 spiro atoms. The molecule has 0 saturated heterocycles. The van der Waals surface area contributed by atoms with E-state index in [2.05, 4.69) is 22.2 Å². The van der Waals surface area contributed by atoms with Crippen LogP contribution in [0.3, 0.4) is 0 Å². The first-order valence-corrected chi connectivity index (χ1v) is 5.74. The zero-order chi connectivity index (χ0) is 10.7. The molecule has 0 aliphatic rings. The highest BCUT2D eigenvalue weighted by Gasteiger charge is 2.09. The molecule has 0 amide bonds. The van der Waals surface area contributed by atoms with Gasteiger partial charge >= 0.3 is 0 Å². The van der Waals surface area contributed by atoms with Crippen molar-refractivity contribution >= 4 is 11.3 Å². The Hall–Kier alpha value is -1.20. The summed E-state index contributed by atoms with van der Waals surface area (Å²) in [5, 5.41) is 6.49. The molecule has 0 aliphatic carbocycles. The Bertz CT molecular complexity index is 407. The molecular weight excluding hydrogens is 208 g/mol. The first-order chi connectivity index (χ1) is 7.27. The second-order valence-corrected chi connectivity index (χ2v) is 4.40. The van der Waals surface area contributed by atoms with Gasteiger partial charge in [0.25, 0.3) is 0 Å². The minimum absolute atomic E-state index is 0.244. The van der Waals surface area contributed by atoms with E-state index >= 15 is 0 Å². The number of rotatable bonds is 4. The van der Waals surface area contributed by atoms with Crippen LogP contribution in [0.1, 0.15) is 23.8 Å². The first-order valence-electron chi connectivity index (χ1n) is 4.86. The first kappa shape index (κ1) is 10.3. The highest BCUT2D eigenvalue weighted by atomic mass is 32.1. The van der Waals surface area contributed by atoms with E-state index < -0.39 is 0 Å². The summed E-state index contributed by atoms with van der Waals surface area (Å²) in [7, 11) is 2.00. The summed E-state index contributed by atoms with van der Waals surface area (Å²) in [6.07, 6.45) is 5.60. The zero-order valence-electron chi connectivity index (χ0n) is 8.84. The minimum atomic E-state index is 0.244. The van der Waals surface area contributed by atoms with Gasteiger partial charge in [-0.05, 0) is 6.92 Å². The average Bonchev–Trinajstić information content (AvgIpc) is 2.84. The molecule has 2 aromatic rings. The van der Waals surface area contributed by atoms with Crippen molar-refractivity contribution in [1.82, 2.24) is 19.9 Å². The number of hydrogen-bond donors (Lipinski definition) is 1.